The third-order valence-corrected chi connectivity index (χ3v) is 6.02. The van der Waals surface area contributed by atoms with Gasteiger partial charge in [0.05, 0.1) is 22.6 Å². The van der Waals surface area contributed by atoms with Gasteiger partial charge in [0.2, 0.25) is 15.9 Å². The second-order valence-corrected chi connectivity index (χ2v) is 8.33. The number of rotatable bonds is 7. The number of ether oxygens (including phenoxy) is 1. The van der Waals surface area contributed by atoms with Crippen LogP contribution >= 0.6 is 11.6 Å². The Balaban J connectivity index is 2.01. The molecule has 140 valence electrons. The van der Waals surface area contributed by atoms with Crippen molar-refractivity contribution in [1.82, 2.24) is 10.0 Å². The van der Waals surface area contributed by atoms with Crippen LogP contribution in [0.25, 0.3) is 0 Å². The van der Waals surface area contributed by atoms with Gasteiger partial charge in [-0.15, -0.1) is 0 Å². The molecule has 6 nitrogen and oxygen atoms in total. The van der Waals surface area contributed by atoms with Crippen LogP contribution in [-0.4, -0.2) is 33.0 Å². The molecule has 1 aliphatic carbocycles. The average Bonchev–Trinajstić information content (AvgIpc) is 2.57. The summed E-state index contributed by atoms with van der Waals surface area (Å²) in [6.45, 7) is 3.78. The molecule has 1 atom stereocenters. The van der Waals surface area contributed by atoms with Gasteiger partial charge in [-0.25, -0.2) is 8.42 Å². The molecule has 0 spiro atoms. The van der Waals surface area contributed by atoms with Gasteiger partial charge in [-0.2, -0.15) is 4.72 Å². The lowest BCUT2D eigenvalue weighted by atomic mass is 9.95. The van der Waals surface area contributed by atoms with Crippen molar-refractivity contribution < 1.29 is 17.9 Å². The Bertz CT molecular complexity index is 703. The quantitative estimate of drug-likeness (QED) is 0.752. The van der Waals surface area contributed by atoms with Crippen LogP contribution in [0.4, 0.5) is 0 Å². The number of carbonyl (C=O) groups excluding carboxylic acids is 1. The molecule has 2 N–H and O–H groups in total. The molecule has 0 heterocycles. The van der Waals surface area contributed by atoms with E-state index in [4.69, 9.17) is 16.3 Å². The highest BCUT2D eigenvalue weighted by molar-refractivity contribution is 7.89. The first-order valence-corrected chi connectivity index (χ1v) is 10.4. The lowest BCUT2D eigenvalue weighted by molar-refractivity contribution is -0.123. The van der Waals surface area contributed by atoms with E-state index in [0.29, 0.717) is 12.4 Å². The number of hydrogen-bond donors (Lipinski definition) is 2. The normalized spacial score (nSPS) is 17.1. The second-order valence-electron chi connectivity index (χ2n) is 6.21. The summed E-state index contributed by atoms with van der Waals surface area (Å²) in [6.07, 6.45) is 5.26. The summed E-state index contributed by atoms with van der Waals surface area (Å²) in [5.74, 6) is 0.110. The lowest BCUT2D eigenvalue weighted by Crippen LogP contribution is -2.48. The Kier molecular flexibility index (Phi) is 7.10. The summed E-state index contributed by atoms with van der Waals surface area (Å²) in [5.41, 5.74) is 0. The number of carbonyl (C=O) groups is 1. The topological polar surface area (TPSA) is 84.5 Å². The molecule has 1 aliphatic rings. The van der Waals surface area contributed by atoms with Crippen LogP contribution in [0.5, 0.6) is 5.75 Å². The molecule has 0 aromatic heterocycles. The molecule has 1 fully saturated rings. The fourth-order valence-corrected chi connectivity index (χ4v) is 4.38. The first-order chi connectivity index (χ1) is 11.8. The highest BCUT2D eigenvalue weighted by atomic mass is 35.5. The first kappa shape index (κ1) is 20.0. The van der Waals surface area contributed by atoms with Crippen LogP contribution in [0.3, 0.4) is 0 Å². The SMILES string of the molecule is CCOc1ccc(S(=O)(=O)N[C@H](C)C(=O)NC2CCCCC2)cc1Cl. The van der Waals surface area contributed by atoms with Gasteiger partial charge in [0.1, 0.15) is 5.75 Å². The van der Waals surface area contributed by atoms with Gasteiger partial charge in [0.25, 0.3) is 0 Å². The van der Waals surface area contributed by atoms with Crippen molar-refractivity contribution in [3.8, 4) is 5.75 Å². The highest BCUT2D eigenvalue weighted by Crippen LogP contribution is 2.27. The molecule has 0 aliphatic heterocycles. The smallest absolute Gasteiger partial charge is 0.241 e. The van der Waals surface area contributed by atoms with E-state index in [1.807, 2.05) is 6.92 Å². The van der Waals surface area contributed by atoms with E-state index in [9.17, 15) is 13.2 Å². The van der Waals surface area contributed by atoms with E-state index >= 15 is 0 Å². The van der Waals surface area contributed by atoms with Crippen LogP contribution in [-0.2, 0) is 14.8 Å². The number of halogens is 1. The van der Waals surface area contributed by atoms with Crippen LogP contribution in [0.2, 0.25) is 5.02 Å². The highest BCUT2D eigenvalue weighted by Gasteiger charge is 2.25. The molecule has 0 saturated heterocycles. The summed E-state index contributed by atoms with van der Waals surface area (Å²) in [5, 5.41) is 3.13. The number of nitrogens with one attached hydrogen (secondary N) is 2. The van der Waals surface area contributed by atoms with Crippen molar-refractivity contribution in [3.63, 3.8) is 0 Å². The predicted molar refractivity (Wildman–Crippen MR) is 97.4 cm³/mol. The zero-order chi connectivity index (χ0) is 18.4. The predicted octanol–water partition coefficient (Wildman–Crippen LogP) is 2.85. The maximum atomic E-state index is 12.5. The van der Waals surface area contributed by atoms with Crippen molar-refractivity contribution in [2.75, 3.05) is 6.61 Å². The van der Waals surface area contributed by atoms with Crippen molar-refractivity contribution in [2.45, 2.75) is 62.9 Å². The summed E-state index contributed by atoms with van der Waals surface area (Å²) in [6, 6.07) is 3.50. The van der Waals surface area contributed by atoms with Crippen LogP contribution < -0.4 is 14.8 Å². The fraction of sp³-hybridized carbons (Fsp3) is 0.588. The Labute approximate surface area is 154 Å². The monoisotopic (exact) mass is 388 g/mol. The van der Waals surface area contributed by atoms with Gasteiger partial charge in [0.15, 0.2) is 0 Å². The summed E-state index contributed by atoms with van der Waals surface area (Å²) < 4.78 is 32.6. The molecule has 0 bridgehead atoms. The minimum Gasteiger partial charge on any atom is -0.492 e. The molecular weight excluding hydrogens is 364 g/mol. The fourth-order valence-electron chi connectivity index (χ4n) is 2.85. The number of sulfonamides is 1. The Morgan fingerprint density at radius 1 is 1.32 bits per heavy atom. The van der Waals surface area contributed by atoms with E-state index in [1.54, 1.807) is 0 Å². The van der Waals surface area contributed by atoms with Gasteiger partial charge < -0.3 is 10.1 Å². The van der Waals surface area contributed by atoms with Gasteiger partial charge in [-0.1, -0.05) is 30.9 Å². The lowest BCUT2D eigenvalue weighted by Gasteiger charge is -2.24. The van der Waals surface area contributed by atoms with Gasteiger partial charge in [-0.05, 0) is 44.9 Å². The summed E-state index contributed by atoms with van der Waals surface area (Å²) in [4.78, 5) is 12.2. The van der Waals surface area contributed by atoms with Crippen LogP contribution in [0.1, 0.15) is 46.0 Å². The van der Waals surface area contributed by atoms with Crippen molar-refractivity contribution in [1.29, 1.82) is 0 Å². The zero-order valence-electron chi connectivity index (χ0n) is 14.5. The molecule has 2 rings (SSSR count). The molecule has 0 unspecified atom stereocenters. The number of hydrogen-bond acceptors (Lipinski definition) is 4. The molecule has 25 heavy (non-hydrogen) atoms. The maximum Gasteiger partial charge on any atom is 0.241 e. The summed E-state index contributed by atoms with van der Waals surface area (Å²) >= 11 is 6.05. The zero-order valence-corrected chi connectivity index (χ0v) is 16.1. The van der Waals surface area contributed by atoms with Crippen molar-refractivity contribution in [3.05, 3.63) is 23.2 Å². The minimum absolute atomic E-state index is 0.00160. The third kappa shape index (κ3) is 5.59. The Morgan fingerprint density at radius 2 is 2.00 bits per heavy atom. The molecule has 1 aromatic carbocycles. The largest absolute Gasteiger partial charge is 0.492 e. The second kappa shape index (κ2) is 8.87. The van der Waals surface area contributed by atoms with Crippen LogP contribution in [0, 0.1) is 0 Å². The molecule has 0 radical (unpaired) electrons. The Hall–Kier alpha value is -1.31. The number of benzene rings is 1. The molecule has 1 amide bonds. The third-order valence-electron chi connectivity index (χ3n) is 4.19. The molecule has 1 aromatic rings. The van der Waals surface area contributed by atoms with Crippen LogP contribution in [0.15, 0.2) is 23.1 Å². The van der Waals surface area contributed by atoms with E-state index in [1.165, 1.54) is 31.5 Å². The van der Waals surface area contributed by atoms with Gasteiger partial charge in [-0.3, -0.25) is 4.79 Å². The van der Waals surface area contributed by atoms with E-state index in [0.717, 1.165) is 25.7 Å². The summed E-state index contributed by atoms with van der Waals surface area (Å²) in [7, 11) is -3.85. The van der Waals surface area contributed by atoms with E-state index < -0.39 is 16.1 Å². The van der Waals surface area contributed by atoms with Crippen molar-refractivity contribution >= 4 is 27.5 Å². The number of amides is 1. The van der Waals surface area contributed by atoms with E-state index in [2.05, 4.69) is 10.0 Å². The Morgan fingerprint density at radius 3 is 2.60 bits per heavy atom. The van der Waals surface area contributed by atoms with E-state index in [-0.39, 0.29) is 21.9 Å². The molecular formula is C17H25ClN2O4S. The average molecular weight is 389 g/mol. The molecule has 8 heteroatoms. The minimum atomic E-state index is -3.85. The van der Waals surface area contributed by atoms with Gasteiger partial charge >= 0.3 is 0 Å². The first-order valence-electron chi connectivity index (χ1n) is 8.58. The maximum absolute atomic E-state index is 12.5. The van der Waals surface area contributed by atoms with Gasteiger partial charge in [0, 0.05) is 6.04 Å². The van der Waals surface area contributed by atoms with Crippen molar-refractivity contribution in [2.24, 2.45) is 0 Å². The standard InChI is InChI=1S/C17H25ClN2O4S/c1-3-24-16-10-9-14(11-15(16)18)25(22,23)20-12(2)17(21)19-13-7-5-4-6-8-13/h9-13,20H,3-8H2,1-2H3,(H,19,21)/t12-/m1/s1. The molecule has 1 saturated carbocycles.